The van der Waals surface area contributed by atoms with Crippen molar-refractivity contribution in [3.05, 3.63) is 22.0 Å². The molecule has 0 bridgehead atoms. The molecule has 0 unspecified atom stereocenters. The van der Waals surface area contributed by atoms with Gasteiger partial charge in [-0.1, -0.05) is 0 Å². The molecule has 1 aliphatic heterocycles. The minimum Gasteiger partial charge on any atom is -0.444 e. The van der Waals surface area contributed by atoms with E-state index in [1.165, 1.54) is 4.68 Å². The lowest BCUT2D eigenvalue weighted by Gasteiger charge is -2.33. The van der Waals surface area contributed by atoms with Gasteiger partial charge >= 0.3 is 11.8 Å². The molecule has 0 aromatic carbocycles. The number of alkyl carbamates (subject to hydrolysis) is 1. The molecule has 2 rings (SSSR count). The first-order valence-corrected chi connectivity index (χ1v) is 7.94. The first-order chi connectivity index (χ1) is 11.5. The van der Waals surface area contributed by atoms with Crippen LogP contribution in [0.1, 0.15) is 39.3 Å². The van der Waals surface area contributed by atoms with Crippen LogP contribution in [0, 0.1) is 10.1 Å². The topological polar surface area (TPSA) is 128 Å². The van der Waals surface area contributed by atoms with Crippen molar-refractivity contribution in [2.24, 2.45) is 7.05 Å². The fourth-order valence-corrected chi connectivity index (χ4v) is 3.00. The van der Waals surface area contributed by atoms with Gasteiger partial charge in [-0.2, -0.15) is 5.10 Å². The van der Waals surface area contributed by atoms with Crippen LogP contribution in [0.5, 0.6) is 0 Å². The van der Waals surface area contributed by atoms with E-state index in [1.807, 2.05) is 0 Å². The van der Waals surface area contributed by atoms with Gasteiger partial charge in [0.2, 0.25) is 0 Å². The van der Waals surface area contributed by atoms with Gasteiger partial charge in [-0.15, -0.1) is 0 Å². The molecule has 1 fully saturated rings. The molecule has 2 heterocycles. The van der Waals surface area contributed by atoms with Crippen molar-refractivity contribution < 1.29 is 19.2 Å². The Morgan fingerprint density at radius 1 is 1.52 bits per heavy atom. The molecule has 0 aliphatic carbocycles. The van der Waals surface area contributed by atoms with E-state index in [0.29, 0.717) is 13.0 Å². The summed E-state index contributed by atoms with van der Waals surface area (Å²) in [5.74, 6) is -0.163. The first kappa shape index (κ1) is 18.8. The highest BCUT2D eigenvalue weighted by atomic mass is 16.6. The van der Waals surface area contributed by atoms with Crippen LogP contribution in [-0.2, 0) is 22.1 Å². The predicted molar refractivity (Wildman–Crippen MR) is 88.0 cm³/mol. The normalized spacial score (nSPS) is 21.5. The molecule has 1 saturated heterocycles. The minimum absolute atomic E-state index is 0.0837. The zero-order valence-corrected chi connectivity index (χ0v) is 14.8. The number of ketones is 1. The van der Waals surface area contributed by atoms with Crippen LogP contribution in [-0.4, -0.2) is 45.3 Å². The van der Waals surface area contributed by atoms with Gasteiger partial charge in [-0.3, -0.25) is 19.6 Å². The number of amides is 1. The van der Waals surface area contributed by atoms with E-state index in [0.717, 1.165) is 6.20 Å². The zero-order valence-electron chi connectivity index (χ0n) is 14.8. The molecule has 2 N–H and O–H groups in total. The Morgan fingerprint density at radius 3 is 2.80 bits per heavy atom. The zero-order chi connectivity index (χ0) is 18.8. The Kier molecular flexibility index (Phi) is 5.12. The van der Waals surface area contributed by atoms with E-state index in [1.54, 1.807) is 27.8 Å². The lowest BCUT2D eigenvalue weighted by Crippen LogP contribution is -2.50. The van der Waals surface area contributed by atoms with E-state index < -0.39 is 22.2 Å². The average molecular weight is 353 g/mol. The highest BCUT2D eigenvalue weighted by Gasteiger charge is 2.45. The number of rotatable bonds is 3. The van der Waals surface area contributed by atoms with Crippen molar-refractivity contribution in [2.45, 2.75) is 44.8 Å². The number of nitrogens with zero attached hydrogens (tertiary/aromatic N) is 3. The van der Waals surface area contributed by atoms with Crippen molar-refractivity contribution in [3.8, 4) is 0 Å². The number of ether oxygens (including phenoxy) is 1. The average Bonchev–Trinajstić information content (AvgIpc) is 2.74. The molecule has 1 amide bonds. The van der Waals surface area contributed by atoms with Crippen LogP contribution in [0.25, 0.3) is 0 Å². The van der Waals surface area contributed by atoms with Gasteiger partial charge in [0.1, 0.15) is 28.8 Å². The van der Waals surface area contributed by atoms with Gasteiger partial charge in [0.05, 0.1) is 11.5 Å². The van der Waals surface area contributed by atoms with E-state index in [9.17, 15) is 19.7 Å². The van der Waals surface area contributed by atoms with Crippen molar-refractivity contribution in [1.82, 2.24) is 20.4 Å². The van der Waals surface area contributed by atoms with Crippen LogP contribution in [0.4, 0.5) is 10.5 Å². The van der Waals surface area contributed by atoms with Gasteiger partial charge in [0.25, 0.3) is 0 Å². The molecule has 0 radical (unpaired) electrons. The highest BCUT2D eigenvalue weighted by molar-refractivity contribution is 5.83. The number of aromatic nitrogens is 2. The summed E-state index contributed by atoms with van der Waals surface area (Å²) < 4.78 is 6.63. The highest BCUT2D eigenvalue weighted by Crippen LogP contribution is 2.36. The Bertz CT molecular complexity index is 693. The van der Waals surface area contributed by atoms with E-state index in [2.05, 4.69) is 15.7 Å². The molecule has 1 aromatic heterocycles. The summed E-state index contributed by atoms with van der Waals surface area (Å²) in [5.41, 5.74) is -2.07. The second-order valence-electron chi connectivity index (χ2n) is 7.11. The SMILES string of the molecule is Cn1ncc([N+](=O)[O-])c1[C@]1(NC(=O)OC(C)(C)C)CCNCC(=O)C1. The van der Waals surface area contributed by atoms with Gasteiger partial charge in [-0.25, -0.2) is 4.79 Å². The van der Waals surface area contributed by atoms with Crippen LogP contribution < -0.4 is 10.6 Å². The molecule has 0 saturated carbocycles. The lowest BCUT2D eigenvalue weighted by molar-refractivity contribution is -0.386. The number of Topliss-reactive ketones (excluding diaryl/α,β-unsaturated/α-hetero) is 1. The molecule has 0 spiro atoms. The first-order valence-electron chi connectivity index (χ1n) is 7.94. The maximum Gasteiger partial charge on any atom is 0.408 e. The fourth-order valence-electron chi connectivity index (χ4n) is 3.00. The number of aryl methyl sites for hydroxylation is 1. The summed E-state index contributed by atoms with van der Waals surface area (Å²) in [6, 6.07) is 0. The number of nitrogens with one attached hydrogen (secondary N) is 2. The molecule has 1 aromatic rings. The van der Waals surface area contributed by atoms with Gasteiger partial charge in [-0.05, 0) is 33.7 Å². The summed E-state index contributed by atoms with van der Waals surface area (Å²) in [7, 11) is 1.55. The molecular weight excluding hydrogens is 330 g/mol. The second-order valence-corrected chi connectivity index (χ2v) is 7.11. The Morgan fingerprint density at radius 2 is 2.20 bits per heavy atom. The summed E-state index contributed by atoms with van der Waals surface area (Å²) in [4.78, 5) is 35.4. The van der Waals surface area contributed by atoms with Gasteiger partial charge in [0, 0.05) is 13.5 Å². The maximum atomic E-state index is 12.4. The Hall–Kier alpha value is -2.49. The van der Waals surface area contributed by atoms with Gasteiger partial charge < -0.3 is 15.4 Å². The van der Waals surface area contributed by atoms with E-state index in [4.69, 9.17) is 4.74 Å². The smallest absolute Gasteiger partial charge is 0.408 e. The quantitative estimate of drug-likeness (QED) is 0.612. The monoisotopic (exact) mass is 353 g/mol. The predicted octanol–water partition coefficient (Wildman–Crippen LogP) is 1.00. The van der Waals surface area contributed by atoms with Gasteiger partial charge in [0.15, 0.2) is 0 Å². The van der Waals surface area contributed by atoms with E-state index in [-0.39, 0.29) is 30.1 Å². The number of nitro groups is 1. The maximum absolute atomic E-state index is 12.4. The third-order valence-electron chi connectivity index (χ3n) is 3.86. The standard InChI is InChI=1S/C15H23N5O5/c1-14(2,3)25-13(22)18-15(5-6-16-8-10(21)7-15)12-11(20(23)24)9-17-19(12)4/h9,16H,5-8H2,1-4H3,(H,18,22)/t15-/m0/s1. The van der Waals surface area contributed by atoms with E-state index >= 15 is 0 Å². The summed E-state index contributed by atoms with van der Waals surface area (Å²) >= 11 is 0. The van der Waals surface area contributed by atoms with Crippen molar-refractivity contribution in [3.63, 3.8) is 0 Å². The molecule has 10 nitrogen and oxygen atoms in total. The Balaban J connectivity index is 2.50. The summed E-state index contributed by atoms with van der Waals surface area (Å²) in [5, 5.41) is 21.0. The summed E-state index contributed by atoms with van der Waals surface area (Å²) in [6.07, 6.45) is 0.590. The summed E-state index contributed by atoms with van der Waals surface area (Å²) in [6.45, 7) is 5.69. The molecule has 25 heavy (non-hydrogen) atoms. The van der Waals surface area contributed by atoms with Crippen molar-refractivity contribution in [2.75, 3.05) is 13.1 Å². The third-order valence-corrected chi connectivity index (χ3v) is 3.86. The van der Waals surface area contributed by atoms with Crippen LogP contribution in [0.2, 0.25) is 0 Å². The van der Waals surface area contributed by atoms with Crippen LogP contribution in [0.15, 0.2) is 6.20 Å². The molecular formula is C15H23N5O5. The largest absolute Gasteiger partial charge is 0.444 e. The molecule has 138 valence electrons. The minimum atomic E-state index is -1.27. The van der Waals surface area contributed by atoms with Crippen LogP contribution >= 0.6 is 0 Å². The Labute approximate surface area is 145 Å². The third kappa shape index (κ3) is 4.32. The molecule has 1 atom stereocenters. The number of hydrogen-bond acceptors (Lipinski definition) is 7. The fraction of sp³-hybridized carbons (Fsp3) is 0.667. The molecule has 1 aliphatic rings. The number of carbonyl (C=O) groups is 2. The number of carbonyl (C=O) groups excluding carboxylic acids is 2. The second kappa shape index (κ2) is 6.79. The van der Waals surface area contributed by atoms with Crippen LogP contribution in [0.3, 0.4) is 0 Å². The molecule has 10 heteroatoms. The van der Waals surface area contributed by atoms with Crippen molar-refractivity contribution >= 4 is 17.6 Å². The van der Waals surface area contributed by atoms with Crippen molar-refractivity contribution in [1.29, 1.82) is 0 Å². The number of hydrogen-bond donors (Lipinski definition) is 2. The lowest BCUT2D eigenvalue weighted by atomic mass is 9.85.